The highest BCUT2D eigenvalue weighted by Gasteiger charge is 2.14. The third-order valence-electron chi connectivity index (χ3n) is 4.81. The fraction of sp³-hybridized carbons (Fsp3) is 0.273. The highest BCUT2D eigenvalue weighted by atomic mass is 19.1. The van der Waals surface area contributed by atoms with Crippen LogP contribution >= 0.6 is 0 Å². The Labute approximate surface area is 169 Å². The molecule has 1 aliphatic heterocycles. The molecule has 0 saturated carbocycles. The van der Waals surface area contributed by atoms with E-state index >= 15 is 0 Å². The fourth-order valence-electron chi connectivity index (χ4n) is 3.32. The zero-order valence-electron chi connectivity index (χ0n) is 16.1. The number of aromatic nitrogens is 2. The van der Waals surface area contributed by atoms with Crippen molar-refractivity contribution in [2.45, 2.75) is 6.42 Å². The van der Waals surface area contributed by atoms with E-state index in [9.17, 15) is 4.39 Å². The van der Waals surface area contributed by atoms with Crippen LogP contribution in [0, 0.1) is 5.82 Å². The van der Waals surface area contributed by atoms with Gasteiger partial charge >= 0.3 is 0 Å². The molecule has 0 atom stereocenters. The van der Waals surface area contributed by atoms with Gasteiger partial charge in [0.1, 0.15) is 11.6 Å². The average molecular weight is 393 g/mol. The molecule has 7 heteroatoms. The molecule has 1 aliphatic rings. The first-order valence-electron chi connectivity index (χ1n) is 9.79. The summed E-state index contributed by atoms with van der Waals surface area (Å²) in [6.07, 6.45) is 2.27. The zero-order chi connectivity index (χ0) is 19.9. The Morgan fingerprint density at radius 3 is 2.66 bits per heavy atom. The summed E-state index contributed by atoms with van der Waals surface area (Å²) < 4.78 is 19.2. The summed E-state index contributed by atoms with van der Waals surface area (Å²) in [5, 5.41) is 6.56. The maximum Gasteiger partial charge on any atom is 0.224 e. The van der Waals surface area contributed by atoms with Crippen LogP contribution in [0.1, 0.15) is 5.56 Å². The Kier molecular flexibility index (Phi) is 6.16. The van der Waals surface area contributed by atoms with Crippen LogP contribution in [0.4, 0.5) is 27.5 Å². The molecule has 4 rings (SSSR count). The molecule has 3 aromatic rings. The van der Waals surface area contributed by atoms with Crippen LogP contribution in [-0.4, -0.2) is 42.8 Å². The Morgan fingerprint density at radius 1 is 1.00 bits per heavy atom. The van der Waals surface area contributed by atoms with E-state index in [2.05, 4.69) is 31.6 Å². The number of nitrogens with one attached hydrogen (secondary N) is 2. The molecule has 1 saturated heterocycles. The number of para-hydroxylation sites is 2. The third-order valence-corrected chi connectivity index (χ3v) is 4.81. The lowest BCUT2D eigenvalue weighted by Crippen LogP contribution is -2.36. The van der Waals surface area contributed by atoms with Crippen molar-refractivity contribution in [2.75, 3.05) is 48.4 Å². The molecular weight excluding hydrogens is 369 g/mol. The van der Waals surface area contributed by atoms with E-state index in [1.165, 1.54) is 6.07 Å². The molecule has 0 spiro atoms. The van der Waals surface area contributed by atoms with Crippen LogP contribution in [-0.2, 0) is 11.2 Å². The van der Waals surface area contributed by atoms with Crippen molar-refractivity contribution in [2.24, 2.45) is 0 Å². The van der Waals surface area contributed by atoms with Crippen molar-refractivity contribution >= 4 is 23.1 Å². The molecule has 2 aromatic carbocycles. The Balaban J connectivity index is 1.41. The predicted octanol–water partition coefficient (Wildman–Crippen LogP) is 3.85. The minimum atomic E-state index is -0.189. The molecule has 0 amide bonds. The molecule has 6 nitrogen and oxygen atoms in total. The molecule has 29 heavy (non-hydrogen) atoms. The van der Waals surface area contributed by atoms with Crippen LogP contribution in [0.3, 0.4) is 0 Å². The first-order valence-corrected chi connectivity index (χ1v) is 9.79. The van der Waals surface area contributed by atoms with Gasteiger partial charge < -0.3 is 20.3 Å². The monoisotopic (exact) mass is 393 g/mol. The summed E-state index contributed by atoms with van der Waals surface area (Å²) in [6.45, 7) is 3.75. The van der Waals surface area contributed by atoms with Gasteiger partial charge in [0, 0.05) is 25.8 Å². The van der Waals surface area contributed by atoms with Crippen LogP contribution < -0.4 is 15.5 Å². The number of hydrogen-bond donors (Lipinski definition) is 2. The number of benzene rings is 2. The number of ether oxygens (including phenoxy) is 1. The van der Waals surface area contributed by atoms with Gasteiger partial charge in [-0.05, 0) is 36.2 Å². The second kappa shape index (κ2) is 9.34. The SMILES string of the molecule is Fc1ccccc1CCNc1nccc(Nc2ccccc2N2CCOCC2)n1. The number of rotatable bonds is 7. The van der Waals surface area contributed by atoms with Gasteiger partial charge in [-0.2, -0.15) is 4.98 Å². The molecule has 1 aromatic heterocycles. The molecule has 0 radical (unpaired) electrons. The molecule has 0 aliphatic carbocycles. The van der Waals surface area contributed by atoms with E-state index in [0.717, 1.165) is 37.7 Å². The molecular formula is C22H24FN5O. The lowest BCUT2D eigenvalue weighted by Gasteiger charge is -2.30. The summed E-state index contributed by atoms with van der Waals surface area (Å²) in [5.41, 5.74) is 2.79. The highest BCUT2D eigenvalue weighted by Crippen LogP contribution is 2.28. The van der Waals surface area contributed by atoms with Gasteiger partial charge in [-0.1, -0.05) is 30.3 Å². The standard InChI is InChI=1S/C22H24FN5O/c23-18-6-2-1-5-17(18)9-11-24-22-25-12-10-21(27-22)26-19-7-3-4-8-20(19)28-13-15-29-16-14-28/h1-8,10,12H,9,11,13-16H2,(H2,24,25,26,27). The summed E-state index contributed by atoms with van der Waals surface area (Å²) in [5.74, 6) is 1.02. The van der Waals surface area contributed by atoms with Gasteiger partial charge in [0.05, 0.1) is 24.6 Å². The third kappa shape index (κ3) is 5.00. The van der Waals surface area contributed by atoms with Crippen molar-refractivity contribution in [1.29, 1.82) is 0 Å². The average Bonchev–Trinajstić information content (AvgIpc) is 2.76. The van der Waals surface area contributed by atoms with E-state index in [1.807, 2.05) is 30.3 Å². The summed E-state index contributed by atoms with van der Waals surface area (Å²) >= 11 is 0. The fourth-order valence-corrected chi connectivity index (χ4v) is 3.32. The van der Waals surface area contributed by atoms with Gasteiger partial charge in [-0.15, -0.1) is 0 Å². The second-order valence-electron chi connectivity index (χ2n) is 6.78. The van der Waals surface area contributed by atoms with E-state index in [4.69, 9.17) is 4.74 Å². The maximum absolute atomic E-state index is 13.7. The molecule has 0 bridgehead atoms. The van der Waals surface area contributed by atoms with E-state index in [-0.39, 0.29) is 5.82 Å². The smallest absolute Gasteiger partial charge is 0.224 e. The Morgan fingerprint density at radius 2 is 1.79 bits per heavy atom. The predicted molar refractivity (Wildman–Crippen MR) is 113 cm³/mol. The van der Waals surface area contributed by atoms with Crippen LogP contribution in [0.5, 0.6) is 0 Å². The number of hydrogen-bond acceptors (Lipinski definition) is 6. The van der Waals surface area contributed by atoms with Crippen molar-refractivity contribution < 1.29 is 9.13 Å². The van der Waals surface area contributed by atoms with E-state index in [0.29, 0.717) is 30.3 Å². The zero-order valence-corrected chi connectivity index (χ0v) is 16.1. The summed E-state index contributed by atoms with van der Waals surface area (Å²) in [7, 11) is 0. The molecule has 2 heterocycles. The summed E-state index contributed by atoms with van der Waals surface area (Å²) in [4.78, 5) is 11.1. The van der Waals surface area contributed by atoms with Gasteiger partial charge in [0.15, 0.2) is 0 Å². The van der Waals surface area contributed by atoms with Crippen molar-refractivity contribution in [1.82, 2.24) is 9.97 Å². The first kappa shape index (κ1) is 19.1. The minimum absolute atomic E-state index is 0.189. The highest BCUT2D eigenvalue weighted by molar-refractivity contribution is 5.74. The first-order chi connectivity index (χ1) is 14.3. The normalized spacial score (nSPS) is 13.9. The summed E-state index contributed by atoms with van der Waals surface area (Å²) in [6, 6.07) is 16.8. The largest absolute Gasteiger partial charge is 0.378 e. The molecule has 1 fully saturated rings. The lowest BCUT2D eigenvalue weighted by atomic mass is 10.1. The van der Waals surface area contributed by atoms with Crippen molar-refractivity contribution in [3.8, 4) is 0 Å². The Bertz CT molecular complexity index is 946. The second-order valence-corrected chi connectivity index (χ2v) is 6.78. The van der Waals surface area contributed by atoms with Crippen molar-refractivity contribution in [3.05, 3.63) is 72.2 Å². The lowest BCUT2D eigenvalue weighted by molar-refractivity contribution is 0.123. The van der Waals surface area contributed by atoms with Crippen molar-refractivity contribution in [3.63, 3.8) is 0 Å². The van der Waals surface area contributed by atoms with Crippen LogP contribution in [0.15, 0.2) is 60.8 Å². The van der Waals surface area contributed by atoms with Gasteiger partial charge in [0.2, 0.25) is 5.95 Å². The van der Waals surface area contributed by atoms with Crippen LogP contribution in [0.25, 0.3) is 0 Å². The Hall–Kier alpha value is -3.19. The van der Waals surface area contributed by atoms with E-state index in [1.54, 1.807) is 18.3 Å². The van der Waals surface area contributed by atoms with Gasteiger partial charge in [0.25, 0.3) is 0 Å². The van der Waals surface area contributed by atoms with Crippen LogP contribution in [0.2, 0.25) is 0 Å². The number of morpholine rings is 1. The molecule has 0 unspecified atom stereocenters. The molecule has 150 valence electrons. The minimum Gasteiger partial charge on any atom is -0.378 e. The van der Waals surface area contributed by atoms with E-state index < -0.39 is 0 Å². The molecule has 2 N–H and O–H groups in total. The van der Waals surface area contributed by atoms with Gasteiger partial charge in [-0.25, -0.2) is 9.37 Å². The van der Waals surface area contributed by atoms with Gasteiger partial charge in [-0.3, -0.25) is 0 Å². The number of anilines is 4. The number of nitrogens with zero attached hydrogens (tertiary/aromatic N) is 3. The quantitative estimate of drug-likeness (QED) is 0.636. The topological polar surface area (TPSA) is 62.3 Å². The number of halogens is 1. The maximum atomic E-state index is 13.7.